The number of H-pyrrole nitrogens is 1. The van der Waals surface area contributed by atoms with E-state index < -0.39 is 0 Å². The van der Waals surface area contributed by atoms with Crippen LogP contribution < -0.4 is 0 Å². The van der Waals surface area contributed by atoms with Crippen LogP contribution in [0.1, 0.15) is 53.7 Å². The van der Waals surface area contributed by atoms with Gasteiger partial charge in [-0.25, -0.2) is 0 Å². The number of likely N-dealkylation sites (N-methyl/N-ethyl adjacent to an activating group) is 1. The number of amides is 1. The Bertz CT molecular complexity index is 824. The molecule has 1 aliphatic carbocycles. The monoisotopic (exact) mass is 337 g/mol. The molecule has 2 fully saturated rings. The number of aromatic nitrogens is 1. The first-order chi connectivity index (χ1) is 12.2. The van der Waals surface area contributed by atoms with Gasteiger partial charge in [0.15, 0.2) is 0 Å². The average Bonchev–Trinajstić information content (AvgIpc) is 3.14. The van der Waals surface area contributed by atoms with E-state index in [4.69, 9.17) is 0 Å². The number of carbonyl (C=O) groups excluding carboxylic acids is 1. The van der Waals surface area contributed by atoms with Gasteiger partial charge in [-0.15, -0.1) is 0 Å². The van der Waals surface area contributed by atoms with Crippen molar-refractivity contribution in [2.75, 3.05) is 20.1 Å². The van der Waals surface area contributed by atoms with Crippen molar-refractivity contribution in [2.24, 2.45) is 0 Å². The van der Waals surface area contributed by atoms with Gasteiger partial charge >= 0.3 is 0 Å². The van der Waals surface area contributed by atoms with E-state index in [-0.39, 0.29) is 5.91 Å². The first kappa shape index (κ1) is 15.4. The number of carbonyl (C=O) groups is 1. The highest BCUT2D eigenvalue weighted by Gasteiger charge is 2.39. The van der Waals surface area contributed by atoms with E-state index in [0.29, 0.717) is 12.1 Å². The zero-order valence-electron chi connectivity index (χ0n) is 15.1. The molecule has 2 aliphatic heterocycles. The van der Waals surface area contributed by atoms with Gasteiger partial charge < -0.3 is 14.8 Å². The van der Waals surface area contributed by atoms with Crippen molar-refractivity contribution < 1.29 is 4.79 Å². The normalized spacial score (nSPS) is 26.7. The predicted octanol–water partition coefficient (Wildman–Crippen LogP) is 3.36. The smallest absolute Gasteiger partial charge is 0.254 e. The summed E-state index contributed by atoms with van der Waals surface area (Å²) >= 11 is 0. The minimum atomic E-state index is 0.234. The van der Waals surface area contributed by atoms with E-state index in [1.165, 1.54) is 42.3 Å². The van der Waals surface area contributed by atoms with Crippen molar-refractivity contribution in [2.45, 2.75) is 57.0 Å². The molecule has 3 heterocycles. The molecule has 1 amide bonds. The minimum absolute atomic E-state index is 0.234. The molecule has 1 N–H and O–H groups in total. The molecule has 2 saturated heterocycles. The number of hydrogen-bond acceptors (Lipinski definition) is 2. The van der Waals surface area contributed by atoms with Crippen molar-refractivity contribution in [3.05, 3.63) is 35.0 Å². The molecule has 3 aliphatic rings. The van der Waals surface area contributed by atoms with Crippen molar-refractivity contribution in [3.8, 4) is 0 Å². The number of nitrogens with one attached hydrogen (secondary N) is 1. The molecule has 25 heavy (non-hydrogen) atoms. The summed E-state index contributed by atoms with van der Waals surface area (Å²) in [6.07, 6.45) is 8.31. The molecule has 2 atom stereocenters. The lowest BCUT2D eigenvalue weighted by atomic mass is 9.95. The first-order valence-electron chi connectivity index (χ1n) is 9.85. The highest BCUT2D eigenvalue weighted by atomic mass is 16.2. The fraction of sp³-hybridized carbons (Fsp3) is 0.571. The van der Waals surface area contributed by atoms with Gasteiger partial charge in [0.1, 0.15) is 0 Å². The van der Waals surface area contributed by atoms with Crippen molar-refractivity contribution in [1.82, 2.24) is 14.8 Å². The minimum Gasteiger partial charge on any atom is -0.358 e. The van der Waals surface area contributed by atoms with Crippen LogP contribution in [-0.4, -0.2) is 52.9 Å². The van der Waals surface area contributed by atoms with Crippen molar-refractivity contribution in [3.63, 3.8) is 0 Å². The Morgan fingerprint density at radius 1 is 1.12 bits per heavy atom. The van der Waals surface area contributed by atoms with Crippen LogP contribution in [0.2, 0.25) is 0 Å². The molecule has 2 bridgehead atoms. The first-order valence-corrected chi connectivity index (χ1v) is 9.85. The van der Waals surface area contributed by atoms with Crippen LogP contribution in [0.3, 0.4) is 0 Å². The Kier molecular flexibility index (Phi) is 3.63. The highest BCUT2D eigenvalue weighted by molar-refractivity contribution is 5.99. The maximum absolute atomic E-state index is 13.3. The zero-order valence-corrected chi connectivity index (χ0v) is 15.1. The molecule has 2 aromatic rings. The quantitative estimate of drug-likeness (QED) is 0.867. The van der Waals surface area contributed by atoms with Gasteiger partial charge in [0.25, 0.3) is 5.91 Å². The Morgan fingerprint density at radius 2 is 1.96 bits per heavy atom. The third-order valence-electron chi connectivity index (χ3n) is 6.57. The van der Waals surface area contributed by atoms with Gasteiger partial charge in [0, 0.05) is 40.8 Å². The van der Waals surface area contributed by atoms with Crippen LogP contribution in [-0.2, 0) is 12.8 Å². The molecule has 0 radical (unpaired) electrons. The summed E-state index contributed by atoms with van der Waals surface area (Å²) in [6.45, 7) is 2.12. The highest BCUT2D eigenvalue weighted by Crippen LogP contribution is 2.33. The summed E-state index contributed by atoms with van der Waals surface area (Å²) in [7, 11) is 2.18. The SMILES string of the molecule is CN1CC[C@H]2CC[C@@H](C1)N2C(=O)c1ccc2c3c([nH]c2c1)CCCC3. The molecule has 0 unspecified atom stereocenters. The lowest BCUT2D eigenvalue weighted by molar-refractivity contribution is 0.0673. The second-order valence-electron chi connectivity index (χ2n) is 8.20. The van der Waals surface area contributed by atoms with Gasteiger partial charge in [0.05, 0.1) is 0 Å². The van der Waals surface area contributed by atoms with Crippen LogP contribution in [0, 0.1) is 0 Å². The lowest BCUT2D eigenvalue weighted by Crippen LogP contribution is -2.42. The molecule has 0 saturated carbocycles. The summed E-state index contributed by atoms with van der Waals surface area (Å²) < 4.78 is 0. The van der Waals surface area contributed by atoms with Crippen LogP contribution in [0.4, 0.5) is 0 Å². The summed E-state index contributed by atoms with van der Waals surface area (Å²) in [5, 5.41) is 1.32. The van der Waals surface area contributed by atoms with Gasteiger partial charge in [0.2, 0.25) is 0 Å². The van der Waals surface area contributed by atoms with E-state index >= 15 is 0 Å². The number of benzene rings is 1. The molecular formula is C21H27N3O. The van der Waals surface area contributed by atoms with Crippen LogP contribution >= 0.6 is 0 Å². The molecule has 0 spiro atoms. The summed E-state index contributed by atoms with van der Waals surface area (Å²) in [5.74, 6) is 0.234. The van der Waals surface area contributed by atoms with E-state index in [1.807, 2.05) is 0 Å². The van der Waals surface area contributed by atoms with Gasteiger partial charge in [-0.2, -0.15) is 0 Å². The standard InChI is InChI=1S/C21H27N3O/c1-23-11-10-15-7-8-16(13-23)24(15)21(25)14-6-9-18-17-4-2-3-5-19(17)22-20(18)12-14/h6,9,12,15-16,22H,2-5,7-8,10-11,13H2,1H3/t15-,16+/m1/s1. The van der Waals surface area contributed by atoms with Crippen LogP contribution in [0.25, 0.3) is 10.9 Å². The molecule has 4 nitrogen and oxygen atoms in total. The maximum Gasteiger partial charge on any atom is 0.254 e. The lowest BCUT2D eigenvalue weighted by Gasteiger charge is -2.28. The van der Waals surface area contributed by atoms with Crippen LogP contribution in [0.5, 0.6) is 0 Å². The van der Waals surface area contributed by atoms with E-state index in [1.54, 1.807) is 0 Å². The number of likely N-dealkylation sites (tertiary alicyclic amines) is 1. The Hall–Kier alpha value is -1.81. The third kappa shape index (κ3) is 2.50. The number of fused-ring (bicyclic) bond motifs is 5. The molecular weight excluding hydrogens is 310 g/mol. The molecule has 5 rings (SSSR count). The Balaban J connectivity index is 1.49. The molecule has 4 heteroatoms. The third-order valence-corrected chi connectivity index (χ3v) is 6.57. The fourth-order valence-corrected chi connectivity index (χ4v) is 5.27. The number of hydrogen-bond donors (Lipinski definition) is 1. The Labute approximate surface area is 149 Å². The van der Waals surface area contributed by atoms with Gasteiger partial charge in [-0.05, 0) is 76.2 Å². The van der Waals surface area contributed by atoms with E-state index in [0.717, 1.165) is 43.4 Å². The van der Waals surface area contributed by atoms with Crippen molar-refractivity contribution in [1.29, 1.82) is 0 Å². The zero-order chi connectivity index (χ0) is 17.0. The summed E-state index contributed by atoms with van der Waals surface area (Å²) in [6, 6.07) is 7.15. The fourth-order valence-electron chi connectivity index (χ4n) is 5.27. The number of nitrogens with zero attached hydrogens (tertiary/aromatic N) is 2. The molecule has 1 aromatic carbocycles. The summed E-state index contributed by atoms with van der Waals surface area (Å²) in [4.78, 5) is 21.5. The summed E-state index contributed by atoms with van der Waals surface area (Å²) in [5.41, 5.74) is 4.88. The Morgan fingerprint density at radius 3 is 2.88 bits per heavy atom. The molecule has 1 aromatic heterocycles. The van der Waals surface area contributed by atoms with E-state index in [2.05, 4.69) is 40.0 Å². The number of rotatable bonds is 1. The maximum atomic E-state index is 13.3. The topological polar surface area (TPSA) is 39.3 Å². The second kappa shape index (κ2) is 5.87. The predicted molar refractivity (Wildman–Crippen MR) is 100 cm³/mol. The number of aryl methyl sites for hydroxylation is 2. The van der Waals surface area contributed by atoms with Crippen LogP contribution in [0.15, 0.2) is 18.2 Å². The van der Waals surface area contributed by atoms with Gasteiger partial charge in [-0.3, -0.25) is 4.79 Å². The molecule has 132 valence electrons. The second-order valence-corrected chi connectivity index (χ2v) is 8.20. The average molecular weight is 337 g/mol. The van der Waals surface area contributed by atoms with Crippen molar-refractivity contribution >= 4 is 16.8 Å². The number of aromatic amines is 1. The van der Waals surface area contributed by atoms with Gasteiger partial charge in [-0.1, -0.05) is 6.07 Å². The largest absolute Gasteiger partial charge is 0.358 e. The van der Waals surface area contributed by atoms with E-state index in [9.17, 15) is 4.79 Å².